The summed E-state index contributed by atoms with van der Waals surface area (Å²) in [6.07, 6.45) is 1.41. The lowest BCUT2D eigenvalue weighted by Gasteiger charge is -2.07. The normalized spacial score (nSPS) is 10.2. The monoisotopic (exact) mass is 361 g/mol. The Bertz CT molecular complexity index is 519. The summed E-state index contributed by atoms with van der Waals surface area (Å²) in [6, 6.07) is 7.49. The third kappa shape index (κ3) is 2.93. The van der Waals surface area contributed by atoms with E-state index < -0.39 is 0 Å². The standard InChI is InChI=1S/C10H6Br2ClN3/c11-6-1-2-7(12)8(3-6)16-10-4-9(13)14-5-15-10/h1-5H,(H,14,15,16). The van der Waals surface area contributed by atoms with Gasteiger partial charge in [-0.15, -0.1) is 0 Å². The molecule has 1 heterocycles. The predicted octanol–water partition coefficient (Wildman–Crippen LogP) is 4.40. The minimum Gasteiger partial charge on any atom is -0.339 e. The van der Waals surface area contributed by atoms with Crippen LogP contribution >= 0.6 is 43.5 Å². The number of nitrogens with zero attached hydrogens (tertiary/aromatic N) is 2. The molecular formula is C10H6Br2ClN3. The van der Waals surface area contributed by atoms with Crippen LogP contribution in [-0.4, -0.2) is 9.97 Å². The van der Waals surface area contributed by atoms with Crippen LogP contribution in [0.4, 0.5) is 11.5 Å². The molecule has 1 aromatic heterocycles. The molecule has 6 heteroatoms. The number of hydrogen-bond acceptors (Lipinski definition) is 3. The first-order chi connectivity index (χ1) is 7.65. The van der Waals surface area contributed by atoms with E-state index in [1.807, 2.05) is 18.2 Å². The van der Waals surface area contributed by atoms with Crippen molar-refractivity contribution in [2.45, 2.75) is 0 Å². The molecule has 0 fully saturated rings. The van der Waals surface area contributed by atoms with Crippen LogP contribution in [0.3, 0.4) is 0 Å². The van der Waals surface area contributed by atoms with Crippen LogP contribution in [-0.2, 0) is 0 Å². The molecule has 2 aromatic rings. The van der Waals surface area contributed by atoms with Crippen LogP contribution in [0, 0.1) is 0 Å². The molecule has 3 nitrogen and oxygen atoms in total. The summed E-state index contributed by atoms with van der Waals surface area (Å²) >= 11 is 12.6. The summed E-state index contributed by atoms with van der Waals surface area (Å²) in [5.74, 6) is 0.652. The van der Waals surface area contributed by atoms with E-state index in [9.17, 15) is 0 Å². The molecule has 0 saturated heterocycles. The van der Waals surface area contributed by atoms with Crippen LogP contribution in [0.1, 0.15) is 0 Å². The van der Waals surface area contributed by atoms with E-state index in [0.717, 1.165) is 14.6 Å². The van der Waals surface area contributed by atoms with Gasteiger partial charge < -0.3 is 5.32 Å². The second-order valence-electron chi connectivity index (χ2n) is 2.98. The molecule has 0 radical (unpaired) electrons. The highest BCUT2D eigenvalue weighted by Gasteiger charge is 2.02. The van der Waals surface area contributed by atoms with Gasteiger partial charge in [0.05, 0.1) is 5.69 Å². The first-order valence-electron chi connectivity index (χ1n) is 4.35. The zero-order valence-corrected chi connectivity index (χ0v) is 11.8. The fourth-order valence-corrected chi connectivity index (χ4v) is 1.99. The molecule has 0 amide bonds. The van der Waals surface area contributed by atoms with Crippen molar-refractivity contribution in [2.24, 2.45) is 0 Å². The number of halogens is 3. The highest BCUT2D eigenvalue weighted by molar-refractivity contribution is 9.11. The Morgan fingerprint density at radius 1 is 1.12 bits per heavy atom. The molecule has 16 heavy (non-hydrogen) atoms. The summed E-state index contributed by atoms with van der Waals surface area (Å²) in [6.45, 7) is 0. The van der Waals surface area contributed by atoms with Crippen molar-refractivity contribution in [1.82, 2.24) is 9.97 Å². The molecule has 0 spiro atoms. The van der Waals surface area contributed by atoms with Gasteiger partial charge >= 0.3 is 0 Å². The Hall–Kier alpha value is -0.650. The number of hydrogen-bond donors (Lipinski definition) is 1. The van der Waals surface area contributed by atoms with Crippen molar-refractivity contribution >= 4 is 55.0 Å². The maximum absolute atomic E-state index is 5.77. The molecule has 0 unspecified atom stereocenters. The molecule has 1 aromatic carbocycles. The van der Waals surface area contributed by atoms with E-state index in [1.54, 1.807) is 6.07 Å². The fraction of sp³-hybridized carbons (Fsp3) is 0. The van der Waals surface area contributed by atoms with Crippen molar-refractivity contribution in [1.29, 1.82) is 0 Å². The Morgan fingerprint density at radius 2 is 1.94 bits per heavy atom. The average Bonchev–Trinajstić information content (AvgIpc) is 2.24. The van der Waals surface area contributed by atoms with Crippen molar-refractivity contribution < 1.29 is 0 Å². The first-order valence-corrected chi connectivity index (χ1v) is 6.31. The maximum atomic E-state index is 5.77. The summed E-state index contributed by atoms with van der Waals surface area (Å²) in [5, 5.41) is 3.55. The largest absolute Gasteiger partial charge is 0.339 e. The Kier molecular flexibility index (Phi) is 3.78. The highest BCUT2D eigenvalue weighted by Crippen LogP contribution is 2.28. The third-order valence-corrected chi connectivity index (χ3v) is 3.22. The van der Waals surface area contributed by atoms with Crippen LogP contribution in [0.15, 0.2) is 39.5 Å². The minimum absolute atomic E-state index is 0.406. The average molecular weight is 363 g/mol. The van der Waals surface area contributed by atoms with Gasteiger partial charge in [0.25, 0.3) is 0 Å². The molecule has 2 rings (SSSR count). The van der Waals surface area contributed by atoms with Gasteiger partial charge in [-0.3, -0.25) is 0 Å². The SMILES string of the molecule is Clc1cc(Nc2cc(Br)ccc2Br)ncn1. The van der Waals surface area contributed by atoms with E-state index in [-0.39, 0.29) is 0 Å². The number of nitrogens with one attached hydrogen (secondary N) is 1. The van der Waals surface area contributed by atoms with Crippen LogP contribution in [0.2, 0.25) is 5.15 Å². The van der Waals surface area contributed by atoms with Crippen LogP contribution in [0.25, 0.3) is 0 Å². The van der Waals surface area contributed by atoms with Gasteiger partial charge in [0.2, 0.25) is 0 Å². The second kappa shape index (κ2) is 5.12. The number of aromatic nitrogens is 2. The molecule has 82 valence electrons. The molecular weight excluding hydrogens is 357 g/mol. The maximum Gasteiger partial charge on any atom is 0.135 e. The number of benzene rings is 1. The van der Waals surface area contributed by atoms with Crippen molar-refractivity contribution in [3.05, 3.63) is 44.7 Å². The Morgan fingerprint density at radius 3 is 2.69 bits per heavy atom. The second-order valence-corrected chi connectivity index (χ2v) is 5.13. The first kappa shape index (κ1) is 11.8. The number of rotatable bonds is 2. The van der Waals surface area contributed by atoms with E-state index >= 15 is 0 Å². The zero-order chi connectivity index (χ0) is 11.5. The zero-order valence-electron chi connectivity index (χ0n) is 7.92. The van der Waals surface area contributed by atoms with Crippen molar-refractivity contribution in [2.75, 3.05) is 5.32 Å². The lowest BCUT2D eigenvalue weighted by atomic mass is 10.3. The van der Waals surface area contributed by atoms with E-state index in [2.05, 4.69) is 47.1 Å². The minimum atomic E-state index is 0.406. The Labute approximate surface area is 115 Å². The molecule has 1 N–H and O–H groups in total. The summed E-state index contributed by atoms with van der Waals surface area (Å²) in [4.78, 5) is 7.88. The van der Waals surface area contributed by atoms with Gasteiger partial charge in [-0.2, -0.15) is 0 Å². The molecule has 0 saturated carbocycles. The van der Waals surface area contributed by atoms with E-state index in [0.29, 0.717) is 11.0 Å². The summed E-state index contributed by atoms with van der Waals surface area (Å²) < 4.78 is 1.93. The van der Waals surface area contributed by atoms with Crippen molar-refractivity contribution in [3.8, 4) is 0 Å². The van der Waals surface area contributed by atoms with E-state index in [1.165, 1.54) is 6.33 Å². The van der Waals surface area contributed by atoms with Crippen molar-refractivity contribution in [3.63, 3.8) is 0 Å². The fourth-order valence-electron chi connectivity index (χ4n) is 1.13. The van der Waals surface area contributed by atoms with Gasteiger partial charge in [-0.05, 0) is 34.1 Å². The topological polar surface area (TPSA) is 37.8 Å². The lowest BCUT2D eigenvalue weighted by molar-refractivity contribution is 1.17. The van der Waals surface area contributed by atoms with Gasteiger partial charge in [0, 0.05) is 15.0 Å². The predicted molar refractivity (Wildman–Crippen MR) is 72.2 cm³/mol. The Balaban J connectivity index is 2.30. The third-order valence-electron chi connectivity index (χ3n) is 1.82. The molecule has 0 bridgehead atoms. The summed E-state index contributed by atoms with van der Waals surface area (Å²) in [7, 11) is 0. The van der Waals surface area contributed by atoms with Gasteiger partial charge in [-0.25, -0.2) is 9.97 Å². The lowest BCUT2D eigenvalue weighted by Crippen LogP contribution is -1.94. The highest BCUT2D eigenvalue weighted by atomic mass is 79.9. The van der Waals surface area contributed by atoms with Crippen LogP contribution < -0.4 is 5.32 Å². The molecule has 0 aliphatic heterocycles. The smallest absolute Gasteiger partial charge is 0.135 e. The van der Waals surface area contributed by atoms with Crippen LogP contribution in [0.5, 0.6) is 0 Å². The molecule has 0 aliphatic carbocycles. The summed E-state index contributed by atoms with van der Waals surface area (Å²) in [5.41, 5.74) is 0.907. The van der Waals surface area contributed by atoms with E-state index in [4.69, 9.17) is 11.6 Å². The van der Waals surface area contributed by atoms with Gasteiger partial charge in [-0.1, -0.05) is 27.5 Å². The van der Waals surface area contributed by atoms with Gasteiger partial charge in [0.15, 0.2) is 0 Å². The molecule has 0 atom stereocenters. The molecule has 0 aliphatic rings. The quantitative estimate of drug-likeness (QED) is 0.804. The number of anilines is 2. The van der Waals surface area contributed by atoms with Gasteiger partial charge in [0.1, 0.15) is 17.3 Å².